The molecule has 4 heteroatoms. The second-order valence-electron chi connectivity index (χ2n) is 4.75. The second-order valence-corrected chi connectivity index (χ2v) is 6.91. The maximum absolute atomic E-state index is 11.4. The first-order chi connectivity index (χ1) is 11.0. The van der Waals surface area contributed by atoms with Crippen molar-refractivity contribution < 1.29 is 9.59 Å². The van der Waals surface area contributed by atoms with Crippen LogP contribution in [0.5, 0.6) is 0 Å². The van der Waals surface area contributed by atoms with Crippen molar-refractivity contribution >= 4 is 33.8 Å². The van der Waals surface area contributed by atoms with E-state index in [0.717, 1.165) is 38.2 Å². The zero-order valence-corrected chi connectivity index (χ0v) is 14.4. The van der Waals surface area contributed by atoms with Crippen molar-refractivity contribution in [3.05, 3.63) is 73.3 Å². The Kier molecular flexibility index (Phi) is 6.02. The lowest BCUT2D eigenvalue weighted by Crippen LogP contribution is -1.88. The molecule has 2 rings (SSSR count). The Morgan fingerprint density at radius 3 is 1.91 bits per heavy atom. The van der Waals surface area contributed by atoms with Gasteiger partial charge in [0, 0.05) is 9.79 Å². The molecule has 23 heavy (non-hydrogen) atoms. The van der Waals surface area contributed by atoms with Gasteiger partial charge in [-0.2, -0.15) is 0 Å². The summed E-state index contributed by atoms with van der Waals surface area (Å²) in [6, 6.07) is 13.7. The Morgan fingerprint density at radius 1 is 0.870 bits per heavy atom. The molecule has 0 heterocycles. The molecule has 2 aromatic carbocycles. The molecule has 0 N–H and O–H groups in total. The standard InChI is InChI=1S/C19H16O2S2/c1-4-18(20)22-15-8-6-14(7-9-15)17-11-10-16(12-13(17)3)23-19(21)5-2/h4-12H,1-2H2,3H3. The molecule has 2 aromatic rings. The fourth-order valence-electron chi connectivity index (χ4n) is 2.04. The first-order valence-corrected chi connectivity index (χ1v) is 8.56. The van der Waals surface area contributed by atoms with Gasteiger partial charge in [-0.15, -0.1) is 0 Å². The normalized spacial score (nSPS) is 10.1. The Morgan fingerprint density at radius 2 is 1.39 bits per heavy atom. The van der Waals surface area contributed by atoms with Crippen LogP contribution in [0.4, 0.5) is 0 Å². The van der Waals surface area contributed by atoms with Gasteiger partial charge in [0.2, 0.25) is 10.2 Å². The van der Waals surface area contributed by atoms with Crippen LogP contribution in [0.3, 0.4) is 0 Å². The molecule has 0 fully saturated rings. The lowest BCUT2D eigenvalue weighted by molar-refractivity contribution is -0.107. The zero-order chi connectivity index (χ0) is 16.8. The summed E-state index contributed by atoms with van der Waals surface area (Å²) in [6.45, 7) is 8.96. The van der Waals surface area contributed by atoms with Crippen LogP contribution >= 0.6 is 23.5 Å². The molecule has 0 radical (unpaired) electrons. The molecule has 0 amide bonds. The van der Waals surface area contributed by atoms with Gasteiger partial charge in [0.15, 0.2) is 0 Å². The van der Waals surface area contributed by atoms with Crippen molar-refractivity contribution in [3.8, 4) is 11.1 Å². The molecule has 0 aliphatic rings. The largest absolute Gasteiger partial charge is 0.282 e. The smallest absolute Gasteiger partial charge is 0.216 e. The predicted octanol–water partition coefficient (Wildman–Crippen LogP) is 5.27. The molecule has 0 aliphatic heterocycles. The molecular weight excluding hydrogens is 324 g/mol. The Bertz CT molecular complexity index is 761. The summed E-state index contributed by atoms with van der Waals surface area (Å²) in [5, 5.41) is -0.132. The number of carbonyl (C=O) groups excluding carboxylic acids is 2. The highest BCUT2D eigenvalue weighted by molar-refractivity contribution is 8.14. The van der Waals surface area contributed by atoms with Crippen molar-refractivity contribution in [1.82, 2.24) is 0 Å². The number of benzene rings is 2. The number of carbonyl (C=O) groups is 2. The maximum Gasteiger partial charge on any atom is 0.216 e. The van der Waals surface area contributed by atoms with Crippen LogP contribution in [0.15, 0.2) is 77.6 Å². The van der Waals surface area contributed by atoms with Crippen LogP contribution in [0.2, 0.25) is 0 Å². The van der Waals surface area contributed by atoms with E-state index >= 15 is 0 Å². The van der Waals surface area contributed by atoms with Crippen molar-refractivity contribution in [3.63, 3.8) is 0 Å². The molecule has 0 saturated carbocycles. The molecular formula is C19H16O2S2. The predicted molar refractivity (Wildman–Crippen MR) is 98.7 cm³/mol. The fourth-order valence-corrected chi connectivity index (χ4v) is 3.32. The summed E-state index contributed by atoms with van der Waals surface area (Å²) in [7, 11) is 0. The highest BCUT2D eigenvalue weighted by Crippen LogP contribution is 2.30. The van der Waals surface area contributed by atoms with E-state index in [2.05, 4.69) is 13.2 Å². The van der Waals surface area contributed by atoms with Crippen LogP contribution in [-0.2, 0) is 9.59 Å². The molecule has 0 unspecified atom stereocenters. The van der Waals surface area contributed by atoms with Gasteiger partial charge in [0.05, 0.1) is 0 Å². The van der Waals surface area contributed by atoms with Crippen LogP contribution in [-0.4, -0.2) is 10.2 Å². The monoisotopic (exact) mass is 340 g/mol. The summed E-state index contributed by atoms with van der Waals surface area (Å²) >= 11 is 2.32. The first-order valence-electron chi connectivity index (χ1n) is 6.93. The van der Waals surface area contributed by atoms with E-state index in [-0.39, 0.29) is 10.2 Å². The average molecular weight is 340 g/mol. The highest BCUT2D eigenvalue weighted by atomic mass is 32.2. The molecule has 0 aliphatic carbocycles. The highest BCUT2D eigenvalue weighted by Gasteiger charge is 2.07. The number of thioether (sulfide) groups is 2. The number of hydrogen-bond acceptors (Lipinski definition) is 4. The fraction of sp³-hybridized carbons (Fsp3) is 0.0526. The van der Waals surface area contributed by atoms with Crippen molar-refractivity contribution in [1.29, 1.82) is 0 Å². The molecule has 0 saturated heterocycles. The van der Waals surface area contributed by atoms with Crippen LogP contribution in [0.25, 0.3) is 11.1 Å². The van der Waals surface area contributed by atoms with E-state index in [9.17, 15) is 9.59 Å². The minimum Gasteiger partial charge on any atom is -0.282 e. The van der Waals surface area contributed by atoms with E-state index in [1.165, 1.54) is 23.9 Å². The van der Waals surface area contributed by atoms with Crippen LogP contribution in [0.1, 0.15) is 5.56 Å². The van der Waals surface area contributed by atoms with E-state index in [0.29, 0.717) is 0 Å². The third kappa shape index (κ3) is 4.71. The number of hydrogen-bond donors (Lipinski definition) is 0. The molecule has 0 bridgehead atoms. The van der Waals surface area contributed by atoms with Gasteiger partial charge < -0.3 is 0 Å². The lowest BCUT2D eigenvalue weighted by Gasteiger charge is -2.09. The Hall–Kier alpha value is -2.04. The summed E-state index contributed by atoms with van der Waals surface area (Å²) in [5.41, 5.74) is 3.27. The minimum absolute atomic E-state index is 0.0644. The van der Waals surface area contributed by atoms with Gasteiger partial charge in [-0.25, -0.2) is 0 Å². The third-order valence-corrected chi connectivity index (χ3v) is 4.87. The molecule has 0 atom stereocenters. The molecule has 0 spiro atoms. The van der Waals surface area contributed by atoms with Gasteiger partial charge in [0.1, 0.15) is 0 Å². The van der Waals surface area contributed by atoms with E-state index in [1.54, 1.807) is 0 Å². The van der Waals surface area contributed by atoms with Gasteiger partial charge >= 0.3 is 0 Å². The number of aryl methyl sites for hydroxylation is 1. The summed E-state index contributed by atoms with van der Waals surface area (Å²) < 4.78 is 0. The summed E-state index contributed by atoms with van der Waals surface area (Å²) in [4.78, 5) is 24.5. The van der Waals surface area contributed by atoms with Gasteiger partial charge in [-0.3, -0.25) is 9.59 Å². The Labute approximate surface area is 144 Å². The van der Waals surface area contributed by atoms with Gasteiger partial charge in [-0.05, 0) is 83.6 Å². The molecule has 116 valence electrons. The average Bonchev–Trinajstić information content (AvgIpc) is 2.55. The van der Waals surface area contributed by atoms with E-state index in [4.69, 9.17) is 0 Å². The number of rotatable bonds is 5. The molecule has 2 nitrogen and oxygen atoms in total. The zero-order valence-electron chi connectivity index (χ0n) is 12.7. The SMILES string of the molecule is C=CC(=O)Sc1ccc(-c2ccc(SC(=O)C=C)cc2C)cc1. The minimum atomic E-state index is -0.0674. The van der Waals surface area contributed by atoms with Crippen LogP contribution in [0, 0.1) is 6.92 Å². The molecule has 0 aromatic heterocycles. The quantitative estimate of drug-likeness (QED) is 0.548. The topological polar surface area (TPSA) is 34.1 Å². The lowest BCUT2D eigenvalue weighted by atomic mass is 10.0. The van der Waals surface area contributed by atoms with Crippen molar-refractivity contribution in [2.24, 2.45) is 0 Å². The van der Waals surface area contributed by atoms with E-state index < -0.39 is 0 Å². The van der Waals surface area contributed by atoms with Crippen molar-refractivity contribution in [2.45, 2.75) is 16.7 Å². The maximum atomic E-state index is 11.4. The summed E-state index contributed by atoms with van der Waals surface area (Å²) in [6.07, 6.45) is 2.62. The second kappa shape index (κ2) is 7.99. The first kappa shape index (κ1) is 17.3. The van der Waals surface area contributed by atoms with Gasteiger partial charge in [-0.1, -0.05) is 31.4 Å². The van der Waals surface area contributed by atoms with Crippen LogP contribution < -0.4 is 0 Å². The summed E-state index contributed by atoms with van der Waals surface area (Å²) in [5.74, 6) is 0. The Balaban J connectivity index is 2.21. The van der Waals surface area contributed by atoms with Gasteiger partial charge in [0.25, 0.3) is 0 Å². The van der Waals surface area contributed by atoms with Crippen molar-refractivity contribution in [2.75, 3.05) is 0 Å². The van der Waals surface area contributed by atoms with E-state index in [1.807, 2.05) is 49.4 Å². The third-order valence-electron chi connectivity index (χ3n) is 3.13.